The highest BCUT2D eigenvalue weighted by atomic mass is 16.8. The van der Waals surface area contributed by atoms with Crippen LogP contribution in [0.3, 0.4) is 0 Å². The molecule has 4 N–H and O–H groups in total. The minimum Gasteiger partial charge on any atom is -0.460 e. The molecule has 3 amide bonds. The van der Waals surface area contributed by atoms with Crippen molar-refractivity contribution in [1.82, 2.24) is 20.6 Å². The molecule has 1 saturated carbocycles. The molecule has 1 aromatic carbocycles. The standard InChI is InChI=1S/C45H68N4O12/c1-9-11-13-22-44(23-14-12-10-2)59-36-32-25-45(42(56)47-35(28(3)51)40(54)46-31(27-50)19-21-34(53)58-43(4,5)6)38(41(55)57-32)49(61-39(45)37(36)60-44)26-30-17-15-16-29(24-30)18-20-33(52)48(7)8/h15-18,20,24,28,31-32,35-39,50-51H,9-14,19,21-23,25-27H2,1-8H3,(H,46,54)(H,47,56)/t28-,31-,32+,35+,36-,37-,38+,39+,45+/m0/s1. The summed E-state index contributed by atoms with van der Waals surface area (Å²) in [6.07, 6.45) is 5.06. The first-order valence-corrected chi connectivity index (χ1v) is 22.0. The Morgan fingerprint density at radius 3 is 2.31 bits per heavy atom. The molecule has 0 spiro atoms. The largest absolute Gasteiger partial charge is 0.460 e. The van der Waals surface area contributed by atoms with Crippen LogP contribution in [0.15, 0.2) is 30.3 Å². The number of aliphatic hydroxyl groups excluding tert-OH is 2. The minimum atomic E-state index is -1.65. The quantitative estimate of drug-likeness (QED) is 0.0793. The van der Waals surface area contributed by atoms with Crippen LogP contribution >= 0.6 is 0 Å². The number of amides is 3. The number of unbranched alkanes of at least 4 members (excludes halogenated alkanes) is 4. The summed E-state index contributed by atoms with van der Waals surface area (Å²) < 4.78 is 25.3. The fraction of sp³-hybridized carbons (Fsp3) is 0.711. The summed E-state index contributed by atoms with van der Waals surface area (Å²) in [6, 6.07) is 3.68. The van der Waals surface area contributed by atoms with Crippen molar-refractivity contribution in [3.8, 4) is 0 Å². The Morgan fingerprint density at radius 1 is 1.03 bits per heavy atom. The van der Waals surface area contributed by atoms with Crippen LogP contribution in [0.2, 0.25) is 0 Å². The number of rotatable bonds is 21. The van der Waals surface area contributed by atoms with Crippen molar-refractivity contribution in [2.24, 2.45) is 5.41 Å². The van der Waals surface area contributed by atoms with Crippen LogP contribution in [0.1, 0.15) is 123 Å². The Morgan fingerprint density at radius 2 is 1.70 bits per heavy atom. The summed E-state index contributed by atoms with van der Waals surface area (Å²) in [6.45, 7) is 10.3. The molecule has 1 aliphatic carbocycles. The van der Waals surface area contributed by atoms with Gasteiger partial charge in [-0.1, -0.05) is 63.8 Å². The van der Waals surface area contributed by atoms with Crippen molar-refractivity contribution >= 4 is 35.7 Å². The van der Waals surface area contributed by atoms with E-state index in [-0.39, 0.29) is 31.7 Å². The van der Waals surface area contributed by atoms with Crippen molar-refractivity contribution in [3.63, 3.8) is 0 Å². The zero-order valence-electron chi connectivity index (χ0n) is 37.1. The number of fused-ring (bicyclic) bond motifs is 4. The van der Waals surface area contributed by atoms with Gasteiger partial charge in [-0.3, -0.25) is 28.8 Å². The monoisotopic (exact) mass is 856 g/mol. The number of benzene rings is 1. The number of likely N-dealkylation sites (N-methyl/N-ethyl adjacent to an activating group) is 1. The van der Waals surface area contributed by atoms with E-state index in [9.17, 15) is 29.4 Å². The highest BCUT2D eigenvalue weighted by Gasteiger charge is 2.76. The number of hydrogen-bond acceptors (Lipinski definition) is 13. The SMILES string of the molecule is CCCCCC1(CCCCC)O[C@@H]2[C@H](O1)[C@H]1ON(Cc3cccc(C=CC(=O)N(C)C)c3)[C@@H]3C(=O)O[C@@H]2C[C@]13C(=O)N[C@@H](C(=O)N[C@H](CO)CCC(=O)OC(C)(C)C)[C@H](C)O. The van der Waals surface area contributed by atoms with Gasteiger partial charge in [-0.05, 0) is 64.2 Å². The van der Waals surface area contributed by atoms with Gasteiger partial charge in [0.2, 0.25) is 17.7 Å². The summed E-state index contributed by atoms with van der Waals surface area (Å²) in [5.74, 6) is -3.87. The van der Waals surface area contributed by atoms with Crippen molar-refractivity contribution in [2.75, 3.05) is 20.7 Å². The van der Waals surface area contributed by atoms with Gasteiger partial charge in [0.1, 0.15) is 41.5 Å². The number of aliphatic hydroxyl groups is 2. The van der Waals surface area contributed by atoms with Crippen LogP contribution < -0.4 is 10.6 Å². The Kier molecular flexibility index (Phi) is 16.2. The lowest BCUT2D eigenvalue weighted by Crippen LogP contribution is -2.71. The predicted octanol–water partition coefficient (Wildman–Crippen LogP) is 3.69. The first kappa shape index (κ1) is 48.1. The van der Waals surface area contributed by atoms with Gasteiger partial charge in [0.25, 0.3) is 0 Å². The maximum Gasteiger partial charge on any atom is 0.327 e. The third kappa shape index (κ3) is 11.4. The molecule has 5 rings (SSSR count). The van der Waals surface area contributed by atoms with Gasteiger partial charge in [-0.2, -0.15) is 5.06 Å². The number of hydroxylamine groups is 2. The van der Waals surface area contributed by atoms with Crippen molar-refractivity contribution < 1.29 is 58.0 Å². The van der Waals surface area contributed by atoms with Gasteiger partial charge in [0, 0.05) is 45.9 Å². The second-order valence-corrected chi connectivity index (χ2v) is 18.2. The molecular formula is C45H68N4O12. The van der Waals surface area contributed by atoms with E-state index in [2.05, 4.69) is 24.5 Å². The molecule has 3 heterocycles. The average molecular weight is 857 g/mol. The molecule has 0 unspecified atom stereocenters. The van der Waals surface area contributed by atoms with Crippen LogP contribution in [-0.4, -0.2) is 131 Å². The van der Waals surface area contributed by atoms with E-state index >= 15 is 4.79 Å². The van der Waals surface area contributed by atoms with Crippen LogP contribution in [-0.2, 0) is 54.3 Å². The topological polar surface area (TPSA) is 202 Å². The van der Waals surface area contributed by atoms with Crippen LogP contribution in [0.5, 0.6) is 0 Å². The number of ether oxygens (including phenoxy) is 4. The van der Waals surface area contributed by atoms with Gasteiger partial charge in [0.15, 0.2) is 11.8 Å². The molecule has 2 bridgehead atoms. The van der Waals surface area contributed by atoms with E-state index in [1.165, 1.54) is 23.0 Å². The van der Waals surface area contributed by atoms with E-state index < -0.39 is 95.8 Å². The summed E-state index contributed by atoms with van der Waals surface area (Å²) in [5, 5.41) is 28.0. The normalized spacial score (nSPS) is 26.9. The zero-order chi connectivity index (χ0) is 44.7. The Hall–Kier alpha value is -3.93. The molecule has 4 aliphatic rings. The summed E-state index contributed by atoms with van der Waals surface area (Å²) in [7, 11) is 3.32. The van der Waals surface area contributed by atoms with E-state index in [4.69, 9.17) is 23.8 Å². The summed E-state index contributed by atoms with van der Waals surface area (Å²) >= 11 is 0. The molecular weight excluding hydrogens is 789 g/mol. The third-order valence-corrected chi connectivity index (χ3v) is 11.9. The molecule has 340 valence electrons. The Labute approximate surface area is 359 Å². The predicted molar refractivity (Wildman–Crippen MR) is 224 cm³/mol. The average Bonchev–Trinajstić information content (AvgIpc) is 3.75. The molecule has 3 aliphatic heterocycles. The zero-order valence-corrected chi connectivity index (χ0v) is 37.1. The van der Waals surface area contributed by atoms with Crippen LogP contribution in [0, 0.1) is 5.41 Å². The number of carbonyl (C=O) groups excluding carboxylic acids is 5. The van der Waals surface area contributed by atoms with Gasteiger partial charge >= 0.3 is 11.9 Å². The van der Waals surface area contributed by atoms with E-state index in [1.807, 2.05) is 24.3 Å². The number of nitrogens with one attached hydrogen (secondary N) is 2. The smallest absolute Gasteiger partial charge is 0.327 e. The third-order valence-electron chi connectivity index (χ3n) is 11.9. The molecule has 16 heteroatoms. The number of carbonyl (C=O) groups is 5. The lowest BCUT2D eigenvalue weighted by Gasteiger charge is -2.49. The van der Waals surface area contributed by atoms with E-state index in [1.54, 1.807) is 40.9 Å². The molecule has 16 nitrogen and oxygen atoms in total. The molecule has 0 aromatic heterocycles. The van der Waals surface area contributed by atoms with E-state index in [0.717, 1.165) is 49.7 Å². The van der Waals surface area contributed by atoms with Crippen LogP contribution in [0.4, 0.5) is 0 Å². The fourth-order valence-corrected chi connectivity index (χ4v) is 8.85. The summed E-state index contributed by atoms with van der Waals surface area (Å²) in [5.41, 5.74) is -0.907. The number of hydrogen-bond donors (Lipinski definition) is 4. The lowest BCUT2D eigenvalue weighted by atomic mass is 9.62. The molecule has 9 atom stereocenters. The number of nitrogens with zero attached hydrogens (tertiary/aromatic N) is 2. The van der Waals surface area contributed by atoms with Crippen molar-refractivity contribution in [1.29, 1.82) is 0 Å². The maximum absolute atomic E-state index is 15.1. The Balaban J connectivity index is 1.47. The second-order valence-electron chi connectivity index (χ2n) is 18.2. The van der Waals surface area contributed by atoms with Gasteiger partial charge in [0.05, 0.1) is 25.3 Å². The molecule has 4 fully saturated rings. The first-order chi connectivity index (χ1) is 28.9. The van der Waals surface area contributed by atoms with Gasteiger partial charge < -0.3 is 44.7 Å². The molecule has 61 heavy (non-hydrogen) atoms. The van der Waals surface area contributed by atoms with Gasteiger partial charge in [-0.15, -0.1) is 0 Å². The molecule has 0 radical (unpaired) electrons. The van der Waals surface area contributed by atoms with Crippen molar-refractivity contribution in [3.05, 3.63) is 41.5 Å². The highest BCUT2D eigenvalue weighted by Crippen LogP contribution is 2.58. The maximum atomic E-state index is 15.1. The highest BCUT2D eigenvalue weighted by molar-refractivity contribution is 5.96. The minimum absolute atomic E-state index is 0.000337. The second kappa shape index (κ2) is 20.5. The van der Waals surface area contributed by atoms with Crippen molar-refractivity contribution in [2.45, 2.75) is 179 Å². The molecule has 1 aromatic rings. The Bertz CT molecular complexity index is 1740. The van der Waals surface area contributed by atoms with Gasteiger partial charge in [-0.25, -0.2) is 0 Å². The van der Waals surface area contributed by atoms with Crippen LogP contribution in [0.25, 0.3) is 6.08 Å². The lowest BCUT2D eigenvalue weighted by molar-refractivity contribution is -0.224. The molecule has 3 saturated heterocycles. The summed E-state index contributed by atoms with van der Waals surface area (Å²) in [4.78, 5) is 76.2. The van der Waals surface area contributed by atoms with E-state index in [0.29, 0.717) is 12.8 Å². The first-order valence-electron chi connectivity index (χ1n) is 22.0. The fourth-order valence-electron chi connectivity index (χ4n) is 8.85. The number of esters is 2.